The molecule has 122 valence electrons. The van der Waals surface area contributed by atoms with Gasteiger partial charge in [-0.15, -0.1) is 11.3 Å². The third-order valence-corrected chi connectivity index (χ3v) is 3.69. The highest BCUT2D eigenvalue weighted by Crippen LogP contribution is 2.33. The first-order chi connectivity index (χ1) is 10.7. The van der Waals surface area contributed by atoms with Crippen molar-refractivity contribution in [3.8, 4) is 0 Å². The molecule has 0 aliphatic carbocycles. The standard InChI is InChI=1S/C13H10F3N3O3S/c1-7-18-9(6-23-7)5-17-12(20)10-3-2-8(13(14,15)16)4-11(10)19(21)22/h2-4,6H,5H2,1H3,(H,17,20). The molecule has 1 aromatic heterocycles. The largest absolute Gasteiger partial charge is 0.416 e. The van der Waals surface area contributed by atoms with Gasteiger partial charge in [0.05, 0.1) is 27.7 Å². The van der Waals surface area contributed by atoms with Crippen LogP contribution >= 0.6 is 11.3 Å². The van der Waals surface area contributed by atoms with Gasteiger partial charge in [-0.3, -0.25) is 14.9 Å². The number of carbonyl (C=O) groups excluding carboxylic acids is 1. The second-order valence-corrected chi connectivity index (χ2v) is 5.59. The van der Waals surface area contributed by atoms with Gasteiger partial charge in [0.1, 0.15) is 5.56 Å². The first-order valence-electron chi connectivity index (χ1n) is 6.23. The Balaban J connectivity index is 2.23. The van der Waals surface area contributed by atoms with Crippen LogP contribution in [0.3, 0.4) is 0 Å². The van der Waals surface area contributed by atoms with Crippen LogP contribution < -0.4 is 5.32 Å². The number of nitro groups is 1. The molecule has 0 saturated carbocycles. The zero-order valence-corrected chi connectivity index (χ0v) is 12.5. The van der Waals surface area contributed by atoms with Crippen molar-refractivity contribution in [2.75, 3.05) is 0 Å². The van der Waals surface area contributed by atoms with Gasteiger partial charge in [0.2, 0.25) is 0 Å². The zero-order valence-electron chi connectivity index (χ0n) is 11.7. The third-order valence-electron chi connectivity index (χ3n) is 2.86. The summed E-state index contributed by atoms with van der Waals surface area (Å²) < 4.78 is 37.8. The maximum atomic E-state index is 12.6. The number of nitrogens with zero attached hydrogens (tertiary/aromatic N) is 2. The van der Waals surface area contributed by atoms with Gasteiger partial charge in [-0.05, 0) is 19.1 Å². The summed E-state index contributed by atoms with van der Waals surface area (Å²) in [4.78, 5) is 26.0. The summed E-state index contributed by atoms with van der Waals surface area (Å²) in [6.07, 6.45) is -4.72. The minimum absolute atomic E-state index is 0.0291. The van der Waals surface area contributed by atoms with Gasteiger partial charge in [0, 0.05) is 11.4 Å². The molecule has 0 fully saturated rings. The molecule has 2 aromatic rings. The van der Waals surface area contributed by atoms with Crippen molar-refractivity contribution in [1.82, 2.24) is 10.3 Å². The highest BCUT2D eigenvalue weighted by molar-refractivity contribution is 7.09. The molecule has 0 spiro atoms. The number of nitrogens with one attached hydrogen (secondary N) is 1. The maximum absolute atomic E-state index is 12.6. The molecule has 1 heterocycles. The number of hydrogen-bond acceptors (Lipinski definition) is 5. The summed E-state index contributed by atoms with van der Waals surface area (Å²) in [6.45, 7) is 1.80. The molecule has 2 rings (SSSR count). The zero-order chi connectivity index (χ0) is 17.2. The van der Waals surface area contributed by atoms with E-state index in [0.29, 0.717) is 17.8 Å². The molecule has 10 heteroatoms. The normalized spacial score (nSPS) is 11.3. The number of nitro benzene ring substituents is 1. The van der Waals surface area contributed by atoms with Gasteiger partial charge in [0.25, 0.3) is 11.6 Å². The second-order valence-electron chi connectivity index (χ2n) is 4.53. The molecule has 1 aromatic carbocycles. The van der Waals surface area contributed by atoms with E-state index in [0.717, 1.165) is 11.1 Å². The van der Waals surface area contributed by atoms with E-state index < -0.39 is 33.8 Å². The van der Waals surface area contributed by atoms with E-state index in [1.165, 1.54) is 11.3 Å². The van der Waals surface area contributed by atoms with Gasteiger partial charge >= 0.3 is 6.18 Å². The fourth-order valence-electron chi connectivity index (χ4n) is 1.81. The van der Waals surface area contributed by atoms with Crippen molar-refractivity contribution in [3.63, 3.8) is 0 Å². The van der Waals surface area contributed by atoms with Gasteiger partial charge < -0.3 is 5.32 Å². The van der Waals surface area contributed by atoms with Gasteiger partial charge in [-0.25, -0.2) is 4.98 Å². The number of carbonyl (C=O) groups is 1. The van der Waals surface area contributed by atoms with E-state index in [1.54, 1.807) is 12.3 Å². The summed E-state index contributed by atoms with van der Waals surface area (Å²) in [5.74, 6) is -0.837. The first-order valence-corrected chi connectivity index (χ1v) is 7.11. The van der Waals surface area contributed by atoms with Gasteiger partial charge in [-0.1, -0.05) is 0 Å². The summed E-state index contributed by atoms with van der Waals surface area (Å²) in [6, 6.07) is 1.78. The topological polar surface area (TPSA) is 85.1 Å². The fourth-order valence-corrected chi connectivity index (χ4v) is 2.42. The molecule has 1 N–H and O–H groups in total. The summed E-state index contributed by atoms with van der Waals surface area (Å²) >= 11 is 1.37. The average Bonchev–Trinajstić information content (AvgIpc) is 2.88. The Morgan fingerprint density at radius 3 is 2.65 bits per heavy atom. The molecular weight excluding hydrogens is 335 g/mol. The third kappa shape index (κ3) is 4.03. The number of benzene rings is 1. The van der Waals surface area contributed by atoms with Gasteiger partial charge in [0.15, 0.2) is 0 Å². The molecule has 23 heavy (non-hydrogen) atoms. The molecule has 0 unspecified atom stereocenters. The predicted molar refractivity (Wildman–Crippen MR) is 76.1 cm³/mol. The van der Waals surface area contributed by atoms with E-state index in [4.69, 9.17) is 0 Å². The molecular formula is C13H10F3N3O3S. The number of hydrogen-bond donors (Lipinski definition) is 1. The Morgan fingerprint density at radius 1 is 1.43 bits per heavy atom. The lowest BCUT2D eigenvalue weighted by Crippen LogP contribution is -2.24. The Hall–Kier alpha value is -2.49. The Bertz CT molecular complexity index is 758. The summed E-state index contributed by atoms with van der Waals surface area (Å²) in [5, 5.41) is 15.8. The lowest BCUT2D eigenvalue weighted by Gasteiger charge is -2.09. The second kappa shape index (κ2) is 6.32. The van der Waals surface area contributed by atoms with Crippen LogP contribution in [0.5, 0.6) is 0 Å². The number of rotatable bonds is 4. The Labute approximate surface area is 132 Å². The summed E-state index contributed by atoms with van der Waals surface area (Å²) in [7, 11) is 0. The number of halogens is 3. The monoisotopic (exact) mass is 345 g/mol. The summed E-state index contributed by atoms with van der Waals surface area (Å²) in [5.41, 5.74) is -1.95. The smallest absolute Gasteiger partial charge is 0.346 e. The van der Waals surface area contributed by atoms with Crippen LogP contribution in [-0.2, 0) is 12.7 Å². The fraction of sp³-hybridized carbons (Fsp3) is 0.231. The molecule has 0 radical (unpaired) electrons. The van der Waals surface area contributed by atoms with E-state index in [-0.39, 0.29) is 6.54 Å². The van der Waals surface area contributed by atoms with Crippen LogP contribution in [0.15, 0.2) is 23.6 Å². The minimum atomic E-state index is -4.72. The molecule has 0 aliphatic rings. The van der Waals surface area contributed by atoms with Crippen molar-refractivity contribution < 1.29 is 22.9 Å². The van der Waals surface area contributed by atoms with Crippen molar-refractivity contribution >= 4 is 22.9 Å². The number of alkyl halides is 3. The molecule has 1 amide bonds. The average molecular weight is 345 g/mol. The van der Waals surface area contributed by atoms with Crippen LogP contribution in [0.4, 0.5) is 18.9 Å². The lowest BCUT2D eigenvalue weighted by atomic mass is 10.1. The van der Waals surface area contributed by atoms with Crippen LogP contribution in [0, 0.1) is 17.0 Å². The number of aryl methyl sites for hydroxylation is 1. The van der Waals surface area contributed by atoms with Crippen molar-refractivity contribution in [1.29, 1.82) is 0 Å². The highest BCUT2D eigenvalue weighted by Gasteiger charge is 2.33. The van der Waals surface area contributed by atoms with Gasteiger partial charge in [-0.2, -0.15) is 13.2 Å². The van der Waals surface area contributed by atoms with Crippen molar-refractivity contribution in [2.24, 2.45) is 0 Å². The maximum Gasteiger partial charge on any atom is 0.416 e. The van der Waals surface area contributed by atoms with Crippen LogP contribution in [-0.4, -0.2) is 15.8 Å². The van der Waals surface area contributed by atoms with E-state index >= 15 is 0 Å². The van der Waals surface area contributed by atoms with E-state index in [2.05, 4.69) is 10.3 Å². The number of aromatic nitrogens is 1. The minimum Gasteiger partial charge on any atom is -0.346 e. The van der Waals surface area contributed by atoms with E-state index in [9.17, 15) is 28.1 Å². The molecule has 0 aliphatic heterocycles. The lowest BCUT2D eigenvalue weighted by molar-refractivity contribution is -0.385. The molecule has 0 atom stereocenters. The predicted octanol–water partition coefficient (Wildman–Crippen LogP) is 3.31. The van der Waals surface area contributed by atoms with Crippen molar-refractivity contribution in [2.45, 2.75) is 19.6 Å². The molecule has 0 bridgehead atoms. The van der Waals surface area contributed by atoms with Crippen LogP contribution in [0.25, 0.3) is 0 Å². The van der Waals surface area contributed by atoms with Crippen LogP contribution in [0.1, 0.15) is 26.6 Å². The highest BCUT2D eigenvalue weighted by atomic mass is 32.1. The van der Waals surface area contributed by atoms with Crippen LogP contribution in [0.2, 0.25) is 0 Å². The molecule has 0 saturated heterocycles. The van der Waals surface area contributed by atoms with Crippen molar-refractivity contribution in [3.05, 3.63) is 55.5 Å². The Morgan fingerprint density at radius 2 is 2.13 bits per heavy atom. The number of amides is 1. The molecule has 6 nitrogen and oxygen atoms in total. The Kier molecular flexibility index (Phi) is 4.64. The first kappa shape index (κ1) is 16.9. The SMILES string of the molecule is Cc1nc(CNC(=O)c2ccc(C(F)(F)F)cc2[N+](=O)[O-])cs1. The number of thiazole rings is 1. The van der Waals surface area contributed by atoms with E-state index in [1.807, 2.05) is 0 Å². The quantitative estimate of drug-likeness (QED) is 0.680.